The average Bonchev–Trinajstić information content (AvgIpc) is 2.89. The Labute approximate surface area is 104 Å². The van der Waals surface area contributed by atoms with Gasteiger partial charge in [0.1, 0.15) is 0 Å². The highest BCUT2D eigenvalue weighted by atomic mass is 16.2. The van der Waals surface area contributed by atoms with Crippen LogP contribution in [0.2, 0.25) is 0 Å². The van der Waals surface area contributed by atoms with Gasteiger partial charge in [-0.05, 0) is 32.4 Å². The molecule has 4 heteroatoms. The molecule has 1 N–H and O–H groups in total. The third-order valence-corrected chi connectivity index (χ3v) is 4.04. The molecule has 17 heavy (non-hydrogen) atoms. The van der Waals surface area contributed by atoms with Crippen molar-refractivity contribution < 1.29 is 4.79 Å². The number of hydrogen-bond donors (Lipinski definition) is 1. The summed E-state index contributed by atoms with van der Waals surface area (Å²) in [6.45, 7) is 8.36. The molecule has 4 nitrogen and oxygen atoms in total. The van der Waals surface area contributed by atoms with Gasteiger partial charge in [0.25, 0.3) is 0 Å². The Kier molecular flexibility index (Phi) is 4.80. The second kappa shape index (κ2) is 6.36. The fraction of sp³-hybridized carbons (Fsp3) is 0.923. The highest BCUT2D eigenvalue weighted by molar-refractivity contribution is 5.76. The summed E-state index contributed by atoms with van der Waals surface area (Å²) in [6.07, 6.45) is 4.27. The maximum Gasteiger partial charge on any atom is 0.222 e. The maximum absolute atomic E-state index is 12.0. The van der Waals surface area contributed by atoms with Crippen LogP contribution in [0.5, 0.6) is 0 Å². The van der Waals surface area contributed by atoms with Gasteiger partial charge in [0.2, 0.25) is 5.91 Å². The van der Waals surface area contributed by atoms with Crippen LogP contribution in [0.3, 0.4) is 0 Å². The van der Waals surface area contributed by atoms with Crippen LogP contribution >= 0.6 is 0 Å². The Bertz CT molecular complexity index is 243. The lowest BCUT2D eigenvalue weighted by atomic mass is 10.1. The summed E-state index contributed by atoms with van der Waals surface area (Å²) in [5, 5.41) is 3.45. The molecule has 0 aromatic heterocycles. The van der Waals surface area contributed by atoms with Gasteiger partial charge in [-0.2, -0.15) is 0 Å². The molecule has 0 spiro atoms. The van der Waals surface area contributed by atoms with E-state index < -0.39 is 0 Å². The third kappa shape index (κ3) is 3.68. The number of piperazine rings is 1. The van der Waals surface area contributed by atoms with Crippen molar-refractivity contribution in [3.8, 4) is 0 Å². The molecule has 2 rings (SSSR count). The number of carbonyl (C=O) groups excluding carboxylic acids is 1. The molecule has 0 radical (unpaired) electrons. The number of rotatable bonds is 4. The van der Waals surface area contributed by atoms with E-state index in [1.807, 2.05) is 4.90 Å². The Hall–Kier alpha value is -0.610. The topological polar surface area (TPSA) is 35.6 Å². The van der Waals surface area contributed by atoms with Crippen molar-refractivity contribution in [2.75, 3.05) is 39.3 Å². The summed E-state index contributed by atoms with van der Waals surface area (Å²) in [6, 6.07) is 0.593. The zero-order chi connectivity index (χ0) is 12.1. The van der Waals surface area contributed by atoms with Crippen LogP contribution in [0.15, 0.2) is 0 Å². The predicted molar refractivity (Wildman–Crippen MR) is 69.0 cm³/mol. The molecule has 0 bridgehead atoms. The van der Waals surface area contributed by atoms with E-state index in [0.29, 0.717) is 11.9 Å². The molecular formula is C13H25N3O. The molecule has 0 saturated carbocycles. The monoisotopic (exact) mass is 239 g/mol. The van der Waals surface area contributed by atoms with Crippen molar-refractivity contribution in [2.24, 2.45) is 0 Å². The van der Waals surface area contributed by atoms with Crippen LogP contribution in [0.1, 0.15) is 32.6 Å². The summed E-state index contributed by atoms with van der Waals surface area (Å²) in [5.74, 6) is 0.356. The smallest absolute Gasteiger partial charge is 0.222 e. The number of amides is 1. The summed E-state index contributed by atoms with van der Waals surface area (Å²) in [4.78, 5) is 16.5. The van der Waals surface area contributed by atoms with Crippen LogP contribution in [0.25, 0.3) is 0 Å². The minimum absolute atomic E-state index is 0.356. The van der Waals surface area contributed by atoms with Gasteiger partial charge in [0, 0.05) is 38.6 Å². The molecule has 2 fully saturated rings. The molecule has 0 aromatic rings. The van der Waals surface area contributed by atoms with E-state index in [-0.39, 0.29) is 0 Å². The summed E-state index contributed by atoms with van der Waals surface area (Å²) in [7, 11) is 0. The van der Waals surface area contributed by atoms with Crippen LogP contribution < -0.4 is 5.32 Å². The van der Waals surface area contributed by atoms with Crippen molar-refractivity contribution >= 4 is 5.91 Å². The molecule has 1 atom stereocenters. The highest BCUT2D eigenvalue weighted by Crippen LogP contribution is 2.12. The second-order valence-corrected chi connectivity index (χ2v) is 5.15. The number of hydrogen-bond acceptors (Lipinski definition) is 3. The fourth-order valence-electron chi connectivity index (χ4n) is 2.77. The first kappa shape index (κ1) is 12.8. The first-order valence-electron chi connectivity index (χ1n) is 7.03. The first-order valence-corrected chi connectivity index (χ1v) is 7.03. The minimum atomic E-state index is 0.356. The number of likely N-dealkylation sites (N-methyl/N-ethyl adjacent to an activating group) is 1. The van der Waals surface area contributed by atoms with E-state index in [0.717, 1.165) is 52.1 Å². The Balaban J connectivity index is 1.66. The number of nitrogens with zero attached hydrogens (tertiary/aromatic N) is 2. The standard InChI is InChI=1S/C13H25N3O/c1-2-15-8-10-16(11-9-15)13(17)6-5-12-4-3-7-14-12/h12,14H,2-11H2,1H3/t12-/m0/s1. The van der Waals surface area contributed by atoms with Crippen molar-refractivity contribution in [2.45, 2.75) is 38.6 Å². The van der Waals surface area contributed by atoms with Crippen molar-refractivity contribution in [1.29, 1.82) is 0 Å². The van der Waals surface area contributed by atoms with Gasteiger partial charge in [-0.15, -0.1) is 0 Å². The molecule has 2 aliphatic heterocycles. The van der Waals surface area contributed by atoms with Crippen LogP contribution in [-0.2, 0) is 4.79 Å². The molecule has 1 amide bonds. The van der Waals surface area contributed by atoms with E-state index in [1.165, 1.54) is 12.8 Å². The molecule has 2 aliphatic rings. The molecule has 2 heterocycles. The average molecular weight is 239 g/mol. The van der Waals surface area contributed by atoms with Gasteiger partial charge in [-0.3, -0.25) is 4.79 Å². The zero-order valence-corrected chi connectivity index (χ0v) is 11.0. The molecule has 98 valence electrons. The van der Waals surface area contributed by atoms with E-state index in [9.17, 15) is 4.79 Å². The van der Waals surface area contributed by atoms with E-state index in [4.69, 9.17) is 0 Å². The second-order valence-electron chi connectivity index (χ2n) is 5.15. The molecule has 0 aromatic carbocycles. The highest BCUT2D eigenvalue weighted by Gasteiger charge is 2.21. The maximum atomic E-state index is 12.0. The largest absolute Gasteiger partial charge is 0.340 e. The lowest BCUT2D eigenvalue weighted by Gasteiger charge is -2.34. The van der Waals surface area contributed by atoms with Crippen LogP contribution in [0.4, 0.5) is 0 Å². The lowest BCUT2D eigenvalue weighted by molar-refractivity contribution is -0.133. The fourth-order valence-corrected chi connectivity index (χ4v) is 2.77. The number of nitrogens with one attached hydrogen (secondary N) is 1. The quantitative estimate of drug-likeness (QED) is 0.784. The Morgan fingerprint density at radius 2 is 2.06 bits per heavy atom. The first-order chi connectivity index (χ1) is 8.29. The van der Waals surface area contributed by atoms with Gasteiger partial charge in [-0.1, -0.05) is 6.92 Å². The van der Waals surface area contributed by atoms with E-state index in [1.54, 1.807) is 0 Å². The van der Waals surface area contributed by atoms with Crippen LogP contribution in [0, 0.1) is 0 Å². The van der Waals surface area contributed by atoms with Crippen molar-refractivity contribution in [3.05, 3.63) is 0 Å². The number of carbonyl (C=O) groups is 1. The minimum Gasteiger partial charge on any atom is -0.340 e. The molecular weight excluding hydrogens is 214 g/mol. The SMILES string of the molecule is CCN1CCN(C(=O)CC[C@@H]2CCCN2)CC1. The van der Waals surface area contributed by atoms with Crippen molar-refractivity contribution in [1.82, 2.24) is 15.1 Å². The zero-order valence-electron chi connectivity index (χ0n) is 11.0. The third-order valence-electron chi connectivity index (χ3n) is 4.04. The lowest BCUT2D eigenvalue weighted by Crippen LogP contribution is -2.48. The van der Waals surface area contributed by atoms with Gasteiger partial charge in [0.15, 0.2) is 0 Å². The van der Waals surface area contributed by atoms with Crippen LogP contribution in [-0.4, -0.2) is 61.0 Å². The normalized spacial score (nSPS) is 26.4. The van der Waals surface area contributed by atoms with Gasteiger partial charge in [0.05, 0.1) is 0 Å². The molecule has 2 saturated heterocycles. The molecule has 0 aliphatic carbocycles. The summed E-state index contributed by atoms with van der Waals surface area (Å²) >= 11 is 0. The summed E-state index contributed by atoms with van der Waals surface area (Å²) in [5.41, 5.74) is 0. The van der Waals surface area contributed by atoms with Gasteiger partial charge >= 0.3 is 0 Å². The summed E-state index contributed by atoms with van der Waals surface area (Å²) < 4.78 is 0. The van der Waals surface area contributed by atoms with E-state index >= 15 is 0 Å². The predicted octanol–water partition coefficient (Wildman–Crippen LogP) is 0.683. The van der Waals surface area contributed by atoms with Gasteiger partial charge in [-0.25, -0.2) is 0 Å². The molecule has 0 unspecified atom stereocenters. The van der Waals surface area contributed by atoms with E-state index in [2.05, 4.69) is 17.1 Å². The Morgan fingerprint density at radius 3 is 2.65 bits per heavy atom. The Morgan fingerprint density at radius 1 is 1.29 bits per heavy atom. The van der Waals surface area contributed by atoms with Crippen molar-refractivity contribution in [3.63, 3.8) is 0 Å². The van der Waals surface area contributed by atoms with Gasteiger partial charge < -0.3 is 15.1 Å².